The molecule has 0 aromatic heterocycles. The molecule has 2 rings (SSSR count). The fourth-order valence-electron chi connectivity index (χ4n) is 3.02. The normalized spacial score (nSPS) is 12.9. The molecule has 2 amide bonds. The lowest BCUT2D eigenvalue weighted by atomic mass is 10.0. The highest BCUT2D eigenvalue weighted by Crippen LogP contribution is 2.17. The van der Waals surface area contributed by atoms with Crippen LogP contribution < -0.4 is 5.32 Å². The maximum Gasteiger partial charge on any atom is 0.242 e. The van der Waals surface area contributed by atoms with Gasteiger partial charge in [-0.2, -0.15) is 0 Å². The Morgan fingerprint density at radius 2 is 1.62 bits per heavy atom. The lowest BCUT2D eigenvalue weighted by Gasteiger charge is -2.30. The summed E-state index contributed by atoms with van der Waals surface area (Å²) in [7, 11) is 0. The van der Waals surface area contributed by atoms with E-state index in [0.717, 1.165) is 27.6 Å². The quantitative estimate of drug-likeness (QED) is 0.608. The van der Waals surface area contributed by atoms with Crippen molar-refractivity contribution in [2.45, 2.75) is 66.1 Å². The minimum atomic E-state index is -0.549. The van der Waals surface area contributed by atoms with E-state index in [9.17, 15) is 9.59 Å². The first-order valence-corrected chi connectivity index (χ1v) is 10.9. The molecule has 0 radical (unpaired) electrons. The van der Waals surface area contributed by atoms with E-state index in [0.29, 0.717) is 6.54 Å². The molecule has 156 valence electrons. The minimum absolute atomic E-state index is 0.0528. The first-order valence-electron chi connectivity index (χ1n) is 10.1. The van der Waals surface area contributed by atoms with Crippen molar-refractivity contribution >= 4 is 27.7 Å². The van der Waals surface area contributed by atoms with Gasteiger partial charge in [-0.1, -0.05) is 53.2 Å². The summed E-state index contributed by atoms with van der Waals surface area (Å²) in [5.41, 5.74) is 4.32. The molecule has 0 saturated carbocycles. The van der Waals surface area contributed by atoms with Gasteiger partial charge in [-0.3, -0.25) is 9.59 Å². The van der Waals surface area contributed by atoms with Crippen LogP contribution in [0.4, 0.5) is 0 Å². The number of nitrogens with zero attached hydrogens (tertiary/aromatic N) is 1. The van der Waals surface area contributed by atoms with Crippen LogP contribution in [0.3, 0.4) is 0 Å². The van der Waals surface area contributed by atoms with Gasteiger partial charge in [0.2, 0.25) is 11.8 Å². The smallest absolute Gasteiger partial charge is 0.242 e. The van der Waals surface area contributed by atoms with Gasteiger partial charge in [0.15, 0.2) is 0 Å². The molecule has 0 unspecified atom stereocenters. The van der Waals surface area contributed by atoms with Gasteiger partial charge in [-0.15, -0.1) is 0 Å². The minimum Gasteiger partial charge on any atom is -0.352 e. The highest BCUT2D eigenvalue weighted by atomic mass is 79.9. The van der Waals surface area contributed by atoms with Crippen LogP contribution >= 0.6 is 15.9 Å². The number of halogens is 1. The van der Waals surface area contributed by atoms with Gasteiger partial charge in [0, 0.05) is 17.1 Å². The number of benzene rings is 2. The number of rotatable bonds is 8. The summed E-state index contributed by atoms with van der Waals surface area (Å²) in [5.74, 6) is -0.173. The number of carbonyl (C=O) groups is 2. The van der Waals surface area contributed by atoms with Crippen molar-refractivity contribution in [1.82, 2.24) is 10.2 Å². The average molecular weight is 459 g/mol. The topological polar surface area (TPSA) is 49.4 Å². The Kier molecular flexibility index (Phi) is 8.45. The van der Waals surface area contributed by atoms with Crippen molar-refractivity contribution in [3.63, 3.8) is 0 Å². The Balaban J connectivity index is 2.23. The van der Waals surface area contributed by atoms with E-state index in [1.54, 1.807) is 11.8 Å². The van der Waals surface area contributed by atoms with Crippen LogP contribution in [0.15, 0.2) is 46.9 Å². The van der Waals surface area contributed by atoms with Gasteiger partial charge < -0.3 is 10.2 Å². The highest BCUT2D eigenvalue weighted by molar-refractivity contribution is 9.10. The summed E-state index contributed by atoms with van der Waals surface area (Å²) in [4.78, 5) is 27.6. The largest absolute Gasteiger partial charge is 0.352 e. The molecule has 0 aliphatic heterocycles. The van der Waals surface area contributed by atoms with Crippen molar-refractivity contribution in [2.24, 2.45) is 0 Å². The summed E-state index contributed by atoms with van der Waals surface area (Å²) >= 11 is 3.44. The zero-order valence-corrected chi connectivity index (χ0v) is 19.5. The van der Waals surface area contributed by atoms with Crippen molar-refractivity contribution in [2.75, 3.05) is 0 Å². The van der Waals surface area contributed by atoms with Gasteiger partial charge in [0.25, 0.3) is 0 Å². The van der Waals surface area contributed by atoms with Gasteiger partial charge in [0.05, 0.1) is 6.42 Å². The fraction of sp³-hybridized carbons (Fsp3) is 0.417. The van der Waals surface area contributed by atoms with E-state index in [2.05, 4.69) is 34.2 Å². The second kappa shape index (κ2) is 10.6. The maximum atomic E-state index is 13.2. The van der Waals surface area contributed by atoms with E-state index in [-0.39, 0.29) is 24.3 Å². The predicted molar refractivity (Wildman–Crippen MR) is 122 cm³/mol. The molecule has 5 heteroatoms. The number of nitrogens with one attached hydrogen (secondary N) is 1. The maximum absolute atomic E-state index is 13.2. The molecule has 4 nitrogen and oxygen atoms in total. The van der Waals surface area contributed by atoms with E-state index < -0.39 is 6.04 Å². The summed E-state index contributed by atoms with van der Waals surface area (Å²) in [6.07, 6.45) is 1.13. The molecule has 0 aliphatic carbocycles. The van der Waals surface area contributed by atoms with Crippen molar-refractivity contribution in [1.29, 1.82) is 0 Å². The van der Waals surface area contributed by atoms with Crippen LogP contribution in [0.1, 0.15) is 49.4 Å². The van der Waals surface area contributed by atoms with Crippen LogP contribution in [0.5, 0.6) is 0 Å². The Hall–Kier alpha value is -2.14. The number of carbonyl (C=O) groups excluding carboxylic acids is 2. The van der Waals surface area contributed by atoms with Crippen LogP contribution in [-0.4, -0.2) is 28.8 Å². The SMILES string of the molecule is CC[C@@H](C)NC(=O)[C@H](C)N(Cc1ccc(Br)cc1)C(=O)Cc1ccc(C)c(C)c1. The third-order valence-electron chi connectivity index (χ3n) is 5.36. The molecule has 0 bridgehead atoms. The van der Waals surface area contributed by atoms with E-state index in [1.165, 1.54) is 5.56 Å². The molecule has 2 aromatic carbocycles. The number of amides is 2. The summed E-state index contributed by atoms with van der Waals surface area (Å²) < 4.78 is 0.983. The summed E-state index contributed by atoms with van der Waals surface area (Å²) in [6, 6.07) is 13.4. The Morgan fingerprint density at radius 3 is 2.21 bits per heavy atom. The molecule has 0 spiro atoms. The second-order valence-corrected chi connectivity index (χ2v) is 8.65. The van der Waals surface area contributed by atoms with E-state index in [4.69, 9.17) is 0 Å². The van der Waals surface area contributed by atoms with Crippen LogP contribution in [-0.2, 0) is 22.6 Å². The first kappa shape index (κ1) is 23.1. The first-order chi connectivity index (χ1) is 13.7. The van der Waals surface area contributed by atoms with Crippen molar-refractivity contribution in [3.05, 3.63) is 69.2 Å². The Bertz CT molecular complexity index is 848. The monoisotopic (exact) mass is 458 g/mol. The number of aryl methyl sites for hydroxylation is 2. The second-order valence-electron chi connectivity index (χ2n) is 7.74. The van der Waals surface area contributed by atoms with Crippen LogP contribution in [0.25, 0.3) is 0 Å². The molecule has 0 saturated heterocycles. The molecule has 0 heterocycles. The Morgan fingerprint density at radius 1 is 1.00 bits per heavy atom. The fourth-order valence-corrected chi connectivity index (χ4v) is 3.29. The summed E-state index contributed by atoms with van der Waals surface area (Å²) in [6.45, 7) is 10.3. The van der Waals surface area contributed by atoms with Gasteiger partial charge in [-0.05, 0) is 68.5 Å². The van der Waals surface area contributed by atoms with E-state index in [1.807, 2.05) is 57.2 Å². The van der Waals surface area contributed by atoms with Gasteiger partial charge >= 0.3 is 0 Å². The molecule has 0 aliphatic rings. The lowest BCUT2D eigenvalue weighted by Crippen LogP contribution is -2.49. The van der Waals surface area contributed by atoms with Crippen molar-refractivity contribution < 1.29 is 9.59 Å². The van der Waals surface area contributed by atoms with Crippen LogP contribution in [0, 0.1) is 13.8 Å². The molecule has 29 heavy (non-hydrogen) atoms. The summed E-state index contributed by atoms with van der Waals surface area (Å²) in [5, 5.41) is 3.00. The number of hydrogen-bond donors (Lipinski definition) is 1. The lowest BCUT2D eigenvalue weighted by molar-refractivity contribution is -0.140. The predicted octanol–water partition coefficient (Wildman–Crippen LogP) is 4.94. The van der Waals surface area contributed by atoms with Gasteiger partial charge in [0.1, 0.15) is 6.04 Å². The molecule has 0 fully saturated rings. The zero-order chi connectivity index (χ0) is 21.6. The molecule has 1 N–H and O–H groups in total. The third-order valence-corrected chi connectivity index (χ3v) is 5.89. The molecular weight excluding hydrogens is 428 g/mol. The van der Waals surface area contributed by atoms with Crippen LogP contribution in [0.2, 0.25) is 0 Å². The molecule has 2 atom stereocenters. The standard InChI is InChI=1S/C24H31BrN2O2/c1-6-18(4)26-24(29)19(5)27(15-20-9-11-22(25)12-10-20)23(28)14-21-8-7-16(2)17(3)13-21/h7-13,18-19H,6,14-15H2,1-5H3,(H,26,29)/t18-,19+/m1/s1. The zero-order valence-electron chi connectivity index (χ0n) is 18.0. The third kappa shape index (κ3) is 6.70. The van der Waals surface area contributed by atoms with E-state index >= 15 is 0 Å². The van der Waals surface area contributed by atoms with Gasteiger partial charge in [-0.25, -0.2) is 0 Å². The Labute approximate surface area is 182 Å². The molecular formula is C24H31BrN2O2. The molecule has 2 aromatic rings. The number of hydrogen-bond acceptors (Lipinski definition) is 2. The average Bonchev–Trinajstić information content (AvgIpc) is 2.69. The highest BCUT2D eigenvalue weighted by Gasteiger charge is 2.26. The van der Waals surface area contributed by atoms with Crippen molar-refractivity contribution in [3.8, 4) is 0 Å².